The van der Waals surface area contributed by atoms with Gasteiger partial charge >= 0.3 is 12.1 Å². The summed E-state index contributed by atoms with van der Waals surface area (Å²) in [5.41, 5.74) is 11.7. The first-order valence-corrected chi connectivity index (χ1v) is 15.3. The van der Waals surface area contributed by atoms with Gasteiger partial charge in [0.1, 0.15) is 23.9 Å². The van der Waals surface area contributed by atoms with Gasteiger partial charge in [-0.3, -0.25) is 9.48 Å². The van der Waals surface area contributed by atoms with E-state index in [1.165, 1.54) is 0 Å². The zero-order valence-electron chi connectivity index (χ0n) is 25.8. The fourth-order valence-corrected chi connectivity index (χ4v) is 6.10. The second kappa shape index (κ2) is 12.9. The molecule has 0 aliphatic carbocycles. The van der Waals surface area contributed by atoms with E-state index in [1.807, 2.05) is 54.9 Å². The molecular formula is C35H37N5O5. The maximum absolute atomic E-state index is 12.5. The van der Waals surface area contributed by atoms with Crippen molar-refractivity contribution in [1.29, 1.82) is 0 Å². The van der Waals surface area contributed by atoms with E-state index in [0.717, 1.165) is 56.0 Å². The van der Waals surface area contributed by atoms with Crippen molar-refractivity contribution in [3.8, 4) is 16.9 Å². The van der Waals surface area contributed by atoms with Crippen LogP contribution in [0.3, 0.4) is 0 Å². The lowest BCUT2D eigenvalue weighted by atomic mass is 9.97. The van der Waals surface area contributed by atoms with Gasteiger partial charge in [-0.2, -0.15) is 5.10 Å². The summed E-state index contributed by atoms with van der Waals surface area (Å²) in [4.78, 5) is 30.8. The Hall–Kier alpha value is -5.12. The van der Waals surface area contributed by atoms with E-state index >= 15 is 0 Å². The monoisotopic (exact) mass is 607 g/mol. The van der Waals surface area contributed by atoms with Gasteiger partial charge in [0, 0.05) is 35.6 Å². The SMILES string of the molecule is CCOC(=O)Cc1c(C)cccc1OCc1nn(C2CCN(C(=O)OCC)C2)c2ccc(-c3cccc4c(N)nccc34)cc12. The minimum absolute atomic E-state index is 0.0155. The van der Waals surface area contributed by atoms with E-state index in [-0.39, 0.29) is 31.1 Å². The third-order valence-electron chi connectivity index (χ3n) is 8.32. The van der Waals surface area contributed by atoms with E-state index in [1.54, 1.807) is 18.0 Å². The number of pyridine rings is 1. The van der Waals surface area contributed by atoms with E-state index in [4.69, 9.17) is 25.0 Å². The van der Waals surface area contributed by atoms with Crippen molar-refractivity contribution in [2.24, 2.45) is 0 Å². The zero-order valence-corrected chi connectivity index (χ0v) is 25.8. The Morgan fingerprint density at radius 1 is 0.978 bits per heavy atom. The molecule has 2 aromatic heterocycles. The van der Waals surface area contributed by atoms with Crippen LogP contribution in [0, 0.1) is 6.92 Å². The second-order valence-corrected chi connectivity index (χ2v) is 11.1. The Morgan fingerprint density at radius 2 is 1.80 bits per heavy atom. The van der Waals surface area contributed by atoms with Crippen molar-refractivity contribution in [1.82, 2.24) is 19.7 Å². The number of hydrogen-bond donors (Lipinski definition) is 1. The van der Waals surface area contributed by atoms with Crippen LogP contribution in [-0.4, -0.2) is 58.0 Å². The average molecular weight is 608 g/mol. The number of amides is 1. The van der Waals surface area contributed by atoms with Gasteiger partial charge in [0.2, 0.25) is 0 Å². The number of carbonyl (C=O) groups is 2. The second-order valence-electron chi connectivity index (χ2n) is 11.1. The van der Waals surface area contributed by atoms with Crippen molar-refractivity contribution in [3.63, 3.8) is 0 Å². The molecule has 10 heteroatoms. The minimum Gasteiger partial charge on any atom is -0.487 e. The fraction of sp³-hybridized carbons (Fsp3) is 0.314. The highest BCUT2D eigenvalue weighted by molar-refractivity contribution is 6.02. The molecule has 5 aromatic rings. The third-order valence-corrected chi connectivity index (χ3v) is 8.32. The summed E-state index contributed by atoms with van der Waals surface area (Å²) in [6.45, 7) is 7.51. The Morgan fingerprint density at radius 3 is 2.62 bits per heavy atom. The molecule has 1 saturated heterocycles. The first-order chi connectivity index (χ1) is 21.9. The number of hydrogen-bond acceptors (Lipinski definition) is 8. The van der Waals surface area contributed by atoms with Gasteiger partial charge in [0.05, 0.1) is 31.2 Å². The van der Waals surface area contributed by atoms with E-state index < -0.39 is 0 Å². The number of rotatable bonds is 9. The summed E-state index contributed by atoms with van der Waals surface area (Å²) >= 11 is 0. The highest BCUT2D eigenvalue weighted by Gasteiger charge is 2.30. The number of aromatic nitrogens is 3. The van der Waals surface area contributed by atoms with Gasteiger partial charge in [-0.1, -0.05) is 36.4 Å². The Labute approximate surface area is 261 Å². The quantitative estimate of drug-likeness (QED) is 0.196. The number of fused-ring (bicyclic) bond motifs is 2. The van der Waals surface area contributed by atoms with Crippen LogP contribution in [0.1, 0.15) is 43.1 Å². The molecule has 1 amide bonds. The van der Waals surface area contributed by atoms with E-state index in [9.17, 15) is 9.59 Å². The number of nitrogen functional groups attached to an aromatic ring is 1. The molecular weight excluding hydrogens is 570 g/mol. The maximum atomic E-state index is 12.5. The minimum atomic E-state index is -0.305. The number of carbonyl (C=O) groups excluding carboxylic acids is 2. The molecule has 0 radical (unpaired) electrons. The lowest BCUT2D eigenvalue weighted by molar-refractivity contribution is -0.142. The molecule has 10 nitrogen and oxygen atoms in total. The summed E-state index contributed by atoms with van der Waals surface area (Å²) in [5, 5.41) is 7.93. The normalized spacial score (nSPS) is 14.6. The summed E-state index contributed by atoms with van der Waals surface area (Å²) < 4.78 is 18.9. The van der Waals surface area contributed by atoms with Crippen LogP contribution < -0.4 is 10.5 Å². The molecule has 0 saturated carbocycles. The van der Waals surface area contributed by atoms with Gasteiger partial charge in [-0.25, -0.2) is 9.78 Å². The summed E-state index contributed by atoms with van der Waals surface area (Å²) in [5.74, 6) is 0.809. The molecule has 45 heavy (non-hydrogen) atoms. The number of likely N-dealkylation sites (tertiary alicyclic amines) is 1. The lowest BCUT2D eigenvalue weighted by Gasteiger charge is -2.16. The predicted octanol–water partition coefficient (Wildman–Crippen LogP) is 6.23. The van der Waals surface area contributed by atoms with Gasteiger partial charge < -0.3 is 24.8 Å². The molecule has 0 bridgehead atoms. The lowest BCUT2D eigenvalue weighted by Crippen LogP contribution is -2.29. The molecule has 0 spiro atoms. The van der Waals surface area contributed by atoms with Crippen LogP contribution in [-0.2, 0) is 27.3 Å². The summed E-state index contributed by atoms with van der Waals surface area (Å²) in [6.07, 6.45) is 2.30. The molecule has 1 aliphatic rings. The highest BCUT2D eigenvalue weighted by Crippen LogP contribution is 2.35. The Bertz CT molecular complexity index is 1880. The molecule has 3 aromatic carbocycles. The maximum Gasteiger partial charge on any atom is 0.409 e. The van der Waals surface area contributed by atoms with Crippen LogP contribution in [0.15, 0.2) is 66.9 Å². The molecule has 2 N–H and O–H groups in total. The van der Waals surface area contributed by atoms with Gasteiger partial charge in [0.25, 0.3) is 0 Å². The van der Waals surface area contributed by atoms with Crippen LogP contribution in [0.4, 0.5) is 10.6 Å². The van der Waals surface area contributed by atoms with Crippen molar-refractivity contribution >= 4 is 39.6 Å². The zero-order chi connectivity index (χ0) is 31.5. The molecule has 1 atom stereocenters. The molecule has 1 fully saturated rings. The Kier molecular flexibility index (Phi) is 8.55. The van der Waals surface area contributed by atoms with Gasteiger partial charge in [-0.15, -0.1) is 0 Å². The third kappa shape index (κ3) is 6.00. The van der Waals surface area contributed by atoms with E-state index in [2.05, 4.69) is 29.2 Å². The van der Waals surface area contributed by atoms with Crippen LogP contribution in [0.5, 0.6) is 5.75 Å². The van der Waals surface area contributed by atoms with Crippen LogP contribution in [0.25, 0.3) is 32.8 Å². The molecule has 232 valence electrons. The van der Waals surface area contributed by atoms with Crippen molar-refractivity contribution < 1.29 is 23.8 Å². The highest BCUT2D eigenvalue weighted by atomic mass is 16.6. The first kappa shape index (κ1) is 29.9. The molecule has 1 aliphatic heterocycles. The first-order valence-electron chi connectivity index (χ1n) is 15.3. The molecule has 1 unspecified atom stereocenters. The fourth-order valence-electron chi connectivity index (χ4n) is 6.10. The van der Waals surface area contributed by atoms with Gasteiger partial charge in [0.15, 0.2) is 0 Å². The van der Waals surface area contributed by atoms with Crippen LogP contribution >= 0.6 is 0 Å². The smallest absolute Gasteiger partial charge is 0.409 e. The molecule has 3 heterocycles. The summed E-state index contributed by atoms with van der Waals surface area (Å²) in [6, 6.07) is 20.0. The number of anilines is 1. The van der Waals surface area contributed by atoms with Crippen molar-refractivity contribution in [2.75, 3.05) is 32.0 Å². The number of nitrogens with zero attached hydrogens (tertiary/aromatic N) is 4. The van der Waals surface area contributed by atoms with E-state index in [0.29, 0.717) is 37.9 Å². The Balaban J connectivity index is 1.39. The topological polar surface area (TPSA) is 122 Å². The predicted molar refractivity (Wildman–Crippen MR) is 173 cm³/mol. The number of benzene rings is 3. The number of ether oxygens (including phenoxy) is 3. The van der Waals surface area contributed by atoms with Crippen molar-refractivity contribution in [3.05, 3.63) is 83.7 Å². The number of esters is 1. The van der Waals surface area contributed by atoms with Gasteiger partial charge in [-0.05, 0) is 73.5 Å². The van der Waals surface area contributed by atoms with Crippen molar-refractivity contribution in [2.45, 2.75) is 46.3 Å². The average Bonchev–Trinajstić information content (AvgIpc) is 3.67. The van der Waals surface area contributed by atoms with Crippen LogP contribution in [0.2, 0.25) is 0 Å². The summed E-state index contributed by atoms with van der Waals surface area (Å²) in [7, 11) is 0. The largest absolute Gasteiger partial charge is 0.487 e. The standard InChI is InChI=1S/C35H37N5O5/c1-4-43-33(41)19-28-22(3)8-6-11-32(28)45-21-30-29-18-23(25-9-7-10-27-26(25)14-16-37-34(27)36)12-13-31(29)40(38-30)24-15-17-39(20-24)35(42)44-5-2/h6-14,16,18,24H,4-5,15,17,19-21H2,1-3H3,(H2,36,37). The number of aryl methyl sites for hydroxylation is 1. The molecule has 6 rings (SSSR count). The number of nitrogens with two attached hydrogens (primary N) is 1.